The van der Waals surface area contributed by atoms with Crippen LogP contribution in [0.4, 0.5) is 5.82 Å². The highest BCUT2D eigenvalue weighted by molar-refractivity contribution is 7.18. The van der Waals surface area contributed by atoms with Crippen molar-refractivity contribution in [2.24, 2.45) is 5.10 Å². The van der Waals surface area contributed by atoms with Crippen LogP contribution in [0.1, 0.15) is 21.5 Å². The van der Waals surface area contributed by atoms with Gasteiger partial charge in [0.25, 0.3) is 0 Å². The Kier molecular flexibility index (Phi) is 3.80. The van der Waals surface area contributed by atoms with Crippen molar-refractivity contribution in [3.63, 3.8) is 0 Å². The Balaban J connectivity index is 1.82. The highest BCUT2D eigenvalue weighted by Gasteiger charge is 2.07. The maximum atomic E-state index is 10.9. The number of aromatic carboxylic acids is 1. The molecule has 0 atom stereocenters. The van der Waals surface area contributed by atoms with Gasteiger partial charge in [0.05, 0.1) is 22.0 Å². The van der Waals surface area contributed by atoms with E-state index in [1.165, 1.54) is 12.4 Å². The van der Waals surface area contributed by atoms with E-state index < -0.39 is 5.97 Å². The van der Waals surface area contributed by atoms with Crippen LogP contribution in [0.2, 0.25) is 0 Å². The number of carboxylic acid groups (broad SMARTS) is 1. The molecule has 7 heteroatoms. The summed E-state index contributed by atoms with van der Waals surface area (Å²) in [5.74, 6) is -0.330. The maximum absolute atomic E-state index is 10.9. The van der Waals surface area contributed by atoms with Crippen LogP contribution < -0.4 is 5.43 Å². The van der Waals surface area contributed by atoms with Gasteiger partial charge in [-0.2, -0.15) is 5.10 Å². The highest BCUT2D eigenvalue weighted by atomic mass is 32.1. The fraction of sp³-hybridized carbons (Fsp3) is 0.0667. The summed E-state index contributed by atoms with van der Waals surface area (Å²) >= 11 is 1.55. The molecule has 0 aliphatic rings. The minimum absolute atomic E-state index is 0.224. The van der Waals surface area contributed by atoms with Gasteiger partial charge in [-0.25, -0.2) is 14.8 Å². The van der Waals surface area contributed by atoms with Crippen molar-refractivity contribution in [1.29, 1.82) is 0 Å². The number of nitrogens with zero attached hydrogens (tertiary/aromatic N) is 3. The summed E-state index contributed by atoms with van der Waals surface area (Å²) in [5, 5.41) is 15.1. The molecule has 1 aromatic carbocycles. The minimum atomic E-state index is -0.963. The molecular formula is C15H12N4O2S. The molecule has 0 radical (unpaired) electrons. The third kappa shape index (κ3) is 2.79. The van der Waals surface area contributed by atoms with Crippen molar-refractivity contribution in [1.82, 2.24) is 9.97 Å². The number of carbonyl (C=O) groups is 1. The van der Waals surface area contributed by atoms with Crippen molar-refractivity contribution < 1.29 is 9.90 Å². The van der Waals surface area contributed by atoms with Gasteiger partial charge in [0.2, 0.25) is 0 Å². The number of anilines is 1. The van der Waals surface area contributed by atoms with Gasteiger partial charge in [0.15, 0.2) is 5.82 Å². The van der Waals surface area contributed by atoms with Gasteiger partial charge in [-0.15, -0.1) is 11.3 Å². The summed E-state index contributed by atoms with van der Waals surface area (Å²) in [5.41, 5.74) is 5.81. The largest absolute Gasteiger partial charge is 0.478 e. The Morgan fingerprint density at radius 2 is 2.27 bits per heavy atom. The molecule has 0 amide bonds. The zero-order valence-corrected chi connectivity index (χ0v) is 12.5. The number of aryl methyl sites for hydroxylation is 1. The Morgan fingerprint density at radius 3 is 3.09 bits per heavy atom. The topological polar surface area (TPSA) is 87.5 Å². The number of carboxylic acids is 1. The van der Waals surface area contributed by atoms with Gasteiger partial charge < -0.3 is 5.11 Å². The molecule has 2 N–H and O–H groups in total. The Morgan fingerprint density at radius 1 is 1.41 bits per heavy atom. The highest BCUT2D eigenvalue weighted by Crippen LogP contribution is 2.28. The molecule has 0 spiro atoms. The van der Waals surface area contributed by atoms with E-state index in [0.717, 1.165) is 15.8 Å². The molecule has 0 saturated heterocycles. The first-order valence-corrected chi connectivity index (χ1v) is 7.34. The van der Waals surface area contributed by atoms with E-state index in [-0.39, 0.29) is 5.56 Å². The Labute approximate surface area is 130 Å². The van der Waals surface area contributed by atoms with Crippen molar-refractivity contribution in [2.45, 2.75) is 6.92 Å². The van der Waals surface area contributed by atoms with Crippen LogP contribution in [0, 0.1) is 6.92 Å². The van der Waals surface area contributed by atoms with Gasteiger partial charge in [0, 0.05) is 0 Å². The molecule has 0 aliphatic heterocycles. The fourth-order valence-corrected chi connectivity index (χ4v) is 2.91. The number of thiophene rings is 1. The third-order valence-electron chi connectivity index (χ3n) is 3.05. The van der Waals surface area contributed by atoms with E-state index in [1.807, 2.05) is 12.3 Å². The van der Waals surface area contributed by atoms with Gasteiger partial charge >= 0.3 is 5.97 Å². The third-order valence-corrected chi connectivity index (χ3v) is 4.14. The van der Waals surface area contributed by atoms with E-state index in [0.29, 0.717) is 11.4 Å². The Hall–Kier alpha value is -2.80. The second-order valence-corrected chi connectivity index (χ2v) is 5.50. The van der Waals surface area contributed by atoms with Crippen LogP contribution in [-0.4, -0.2) is 27.3 Å². The molecule has 6 nitrogen and oxygen atoms in total. The molecule has 0 saturated carbocycles. The number of aromatic nitrogens is 2. The number of nitrogens with one attached hydrogen (secondary N) is 1. The summed E-state index contributed by atoms with van der Waals surface area (Å²) in [6.45, 7) is 2.00. The SMILES string of the molecule is Cc1csc2c(N/N=C/c3cccc(C(=O)O)c3)ncnc12. The molecule has 0 bridgehead atoms. The molecule has 0 aliphatic carbocycles. The number of benzene rings is 1. The molecule has 0 fully saturated rings. The lowest BCUT2D eigenvalue weighted by Gasteiger charge is -2.00. The monoisotopic (exact) mass is 312 g/mol. The van der Waals surface area contributed by atoms with Gasteiger partial charge in [-0.1, -0.05) is 12.1 Å². The van der Waals surface area contributed by atoms with Crippen molar-refractivity contribution in [3.05, 3.63) is 52.7 Å². The minimum Gasteiger partial charge on any atom is -0.478 e. The first-order valence-electron chi connectivity index (χ1n) is 6.46. The summed E-state index contributed by atoms with van der Waals surface area (Å²) in [7, 11) is 0. The second kappa shape index (κ2) is 5.90. The maximum Gasteiger partial charge on any atom is 0.335 e. The summed E-state index contributed by atoms with van der Waals surface area (Å²) in [6.07, 6.45) is 3.05. The smallest absolute Gasteiger partial charge is 0.335 e. The predicted octanol–water partition coefficient (Wildman–Crippen LogP) is 3.14. The van der Waals surface area contributed by atoms with Crippen molar-refractivity contribution >= 4 is 39.6 Å². The number of hydrogen-bond donors (Lipinski definition) is 2. The van der Waals surface area contributed by atoms with E-state index in [9.17, 15) is 4.79 Å². The van der Waals surface area contributed by atoms with Crippen LogP contribution >= 0.6 is 11.3 Å². The first-order chi connectivity index (χ1) is 10.6. The van der Waals surface area contributed by atoms with Crippen LogP contribution in [0.25, 0.3) is 10.2 Å². The average molecular weight is 312 g/mol. The molecule has 3 rings (SSSR count). The predicted molar refractivity (Wildman–Crippen MR) is 86.8 cm³/mol. The van der Waals surface area contributed by atoms with E-state index >= 15 is 0 Å². The molecule has 2 aromatic heterocycles. The van der Waals surface area contributed by atoms with Gasteiger partial charge in [-0.05, 0) is 35.6 Å². The lowest BCUT2D eigenvalue weighted by molar-refractivity contribution is 0.0697. The fourth-order valence-electron chi connectivity index (χ4n) is 1.97. The first kappa shape index (κ1) is 14.2. The van der Waals surface area contributed by atoms with Crippen molar-refractivity contribution in [2.75, 3.05) is 5.43 Å². The normalized spacial score (nSPS) is 11.1. The molecule has 2 heterocycles. The summed E-state index contributed by atoms with van der Waals surface area (Å²) in [6, 6.07) is 6.55. The zero-order valence-electron chi connectivity index (χ0n) is 11.6. The van der Waals surface area contributed by atoms with Crippen LogP contribution in [0.3, 0.4) is 0 Å². The van der Waals surface area contributed by atoms with Crippen LogP contribution in [0.15, 0.2) is 41.1 Å². The number of fused-ring (bicyclic) bond motifs is 1. The Bertz CT molecular complexity index is 873. The van der Waals surface area contributed by atoms with Crippen LogP contribution in [-0.2, 0) is 0 Å². The van der Waals surface area contributed by atoms with Gasteiger partial charge in [-0.3, -0.25) is 5.43 Å². The van der Waals surface area contributed by atoms with E-state index in [2.05, 4.69) is 20.5 Å². The van der Waals surface area contributed by atoms with E-state index in [1.54, 1.807) is 35.8 Å². The lowest BCUT2D eigenvalue weighted by atomic mass is 10.1. The zero-order chi connectivity index (χ0) is 15.5. The average Bonchev–Trinajstić information content (AvgIpc) is 2.90. The molecule has 110 valence electrons. The molecular weight excluding hydrogens is 300 g/mol. The van der Waals surface area contributed by atoms with Gasteiger partial charge in [0.1, 0.15) is 6.33 Å². The summed E-state index contributed by atoms with van der Waals surface area (Å²) < 4.78 is 0.941. The number of hydrogen-bond acceptors (Lipinski definition) is 6. The number of hydrazone groups is 1. The van der Waals surface area contributed by atoms with Crippen LogP contribution in [0.5, 0.6) is 0 Å². The number of rotatable bonds is 4. The van der Waals surface area contributed by atoms with Crippen molar-refractivity contribution in [3.8, 4) is 0 Å². The lowest BCUT2D eigenvalue weighted by Crippen LogP contribution is -1.98. The second-order valence-electron chi connectivity index (χ2n) is 4.62. The standard InChI is InChI=1S/C15H12N4O2S/c1-9-7-22-13-12(9)16-8-17-14(13)19-18-6-10-3-2-4-11(5-10)15(20)21/h2-8H,1H3,(H,20,21)(H,16,17,19)/b18-6+. The summed E-state index contributed by atoms with van der Waals surface area (Å²) in [4.78, 5) is 19.3. The quantitative estimate of drug-likeness (QED) is 0.571. The molecule has 0 unspecified atom stereocenters. The molecule has 22 heavy (non-hydrogen) atoms. The molecule has 3 aromatic rings. The van der Waals surface area contributed by atoms with E-state index in [4.69, 9.17) is 5.11 Å².